The van der Waals surface area contributed by atoms with Crippen LogP contribution in [0.2, 0.25) is 0 Å². The maximum atomic E-state index is 13.4. The molecule has 40 heavy (non-hydrogen) atoms. The molecule has 1 heterocycles. The molecule has 3 aromatic rings. The van der Waals surface area contributed by atoms with Crippen LogP contribution in [-0.4, -0.2) is 40.1 Å². The molecule has 2 aromatic carbocycles. The number of aromatic nitrogens is 2. The summed E-state index contributed by atoms with van der Waals surface area (Å²) in [6.45, 7) is 6.02. The number of fused-ring (bicyclic) bond motifs is 1. The lowest BCUT2D eigenvalue weighted by atomic mass is 9.77. The number of nitrogens with one attached hydrogen (secondary N) is 4. The Kier molecular flexibility index (Phi) is 9.50. The number of hydrogen-bond acceptors (Lipinski definition) is 5. The van der Waals surface area contributed by atoms with Crippen molar-refractivity contribution < 1.29 is 19.1 Å². The van der Waals surface area contributed by atoms with Crippen molar-refractivity contribution in [2.45, 2.75) is 64.9 Å². The third-order valence-corrected chi connectivity index (χ3v) is 7.82. The molecule has 0 radical (unpaired) electrons. The minimum absolute atomic E-state index is 0.0979. The van der Waals surface area contributed by atoms with Crippen LogP contribution in [0.5, 0.6) is 0 Å². The Morgan fingerprint density at radius 2 is 1.73 bits per heavy atom. The number of amides is 2. The molecule has 0 aliphatic heterocycles. The van der Waals surface area contributed by atoms with Gasteiger partial charge in [-0.1, -0.05) is 28.1 Å². The lowest BCUT2D eigenvalue weighted by molar-refractivity contribution is -0.129. The van der Waals surface area contributed by atoms with Crippen LogP contribution >= 0.6 is 15.9 Å². The third kappa shape index (κ3) is 8.30. The molecule has 10 heteroatoms. The number of ether oxygens (including phenoxy) is 1. The van der Waals surface area contributed by atoms with Gasteiger partial charge in [-0.3, -0.25) is 24.6 Å². The summed E-state index contributed by atoms with van der Waals surface area (Å²) in [6.07, 6.45) is 3.32. The van der Waals surface area contributed by atoms with Crippen molar-refractivity contribution >= 4 is 50.3 Å². The number of rotatable bonds is 9. The zero-order chi connectivity index (χ0) is 28.9. The minimum atomic E-state index is -0.541. The summed E-state index contributed by atoms with van der Waals surface area (Å²) >= 11 is 3.44. The molecular weight excluding hydrogens is 576 g/mol. The van der Waals surface area contributed by atoms with Gasteiger partial charge >= 0.3 is 6.09 Å². The van der Waals surface area contributed by atoms with Crippen LogP contribution in [0.4, 0.5) is 10.5 Å². The first-order valence-corrected chi connectivity index (χ1v) is 14.5. The Balaban J connectivity index is 1.37. The Morgan fingerprint density at radius 3 is 2.40 bits per heavy atom. The summed E-state index contributed by atoms with van der Waals surface area (Å²) in [6, 6.07) is 12.8. The zero-order valence-corrected chi connectivity index (χ0v) is 24.7. The fourth-order valence-corrected chi connectivity index (χ4v) is 5.43. The van der Waals surface area contributed by atoms with Crippen molar-refractivity contribution in [3.05, 3.63) is 62.9 Å². The number of aromatic amines is 2. The molecule has 2 amide bonds. The number of hydrogen-bond donors (Lipinski definition) is 4. The minimum Gasteiger partial charge on any atom is -0.444 e. The van der Waals surface area contributed by atoms with Crippen LogP contribution in [0, 0.1) is 17.8 Å². The van der Waals surface area contributed by atoms with E-state index >= 15 is 0 Å². The van der Waals surface area contributed by atoms with Gasteiger partial charge in [-0.15, -0.1) is 0 Å². The quantitative estimate of drug-likeness (QED) is 0.246. The highest BCUT2D eigenvalue weighted by molar-refractivity contribution is 9.10. The summed E-state index contributed by atoms with van der Waals surface area (Å²) in [5, 5.41) is 11.6. The van der Waals surface area contributed by atoms with Crippen molar-refractivity contribution in [1.29, 1.82) is 0 Å². The number of benzene rings is 2. The fourth-order valence-electron chi connectivity index (χ4n) is 5.16. The van der Waals surface area contributed by atoms with Crippen LogP contribution in [0.1, 0.15) is 58.4 Å². The molecule has 1 fully saturated rings. The molecule has 1 aliphatic rings. The Bertz CT molecular complexity index is 1400. The smallest absolute Gasteiger partial charge is 0.407 e. The molecule has 4 rings (SSSR count). The molecular formula is C30H37BrN4O5. The van der Waals surface area contributed by atoms with Crippen molar-refractivity contribution in [2.24, 2.45) is 17.8 Å². The van der Waals surface area contributed by atoms with Gasteiger partial charge in [0.25, 0.3) is 5.56 Å². The Morgan fingerprint density at radius 1 is 1.02 bits per heavy atom. The van der Waals surface area contributed by atoms with Gasteiger partial charge in [-0.05, 0) is 94.7 Å². The fraction of sp³-hybridized carbons (Fsp3) is 0.467. The molecule has 9 nitrogen and oxygen atoms in total. The molecule has 1 aliphatic carbocycles. The Labute approximate surface area is 241 Å². The van der Waals surface area contributed by atoms with Crippen LogP contribution < -0.4 is 16.2 Å². The summed E-state index contributed by atoms with van der Waals surface area (Å²) < 4.78 is 6.26. The second-order valence-corrected chi connectivity index (χ2v) is 12.5. The zero-order valence-electron chi connectivity index (χ0n) is 23.1. The number of anilines is 1. The van der Waals surface area contributed by atoms with Crippen molar-refractivity contribution in [1.82, 2.24) is 15.5 Å². The molecule has 1 aromatic heterocycles. The highest BCUT2D eigenvalue weighted by Gasteiger charge is 2.30. The molecule has 0 spiro atoms. The van der Waals surface area contributed by atoms with Gasteiger partial charge in [0.15, 0.2) is 0 Å². The maximum absolute atomic E-state index is 13.4. The monoisotopic (exact) mass is 612 g/mol. The largest absolute Gasteiger partial charge is 0.444 e. The number of halogens is 1. The number of H-pyrrole nitrogens is 2. The number of Topliss-reactive ketones (excluding diaryl/α,β-unsaturated/α-hetero) is 1. The third-order valence-electron chi connectivity index (χ3n) is 7.29. The van der Waals surface area contributed by atoms with Crippen molar-refractivity contribution in [3.8, 4) is 0 Å². The predicted octanol–water partition coefficient (Wildman–Crippen LogP) is 5.71. The predicted molar refractivity (Wildman–Crippen MR) is 158 cm³/mol. The number of carbonyl (C=O) groups excluding carboxylic acids is 3. The van der Waals surface area contributed by atoms with Crippen LogP contribution in [0.3, 0.4) is 0 Å². The van der Waals surface area contributed by atoms with Crippen LogP contribution in [0.25, 0.3) is 10.9 Å². The molecule has 0 saturated heterocycles. The van der Waals surface area contributed by atoms with E-state index in [0.29, 0.717) is 35.5 Å². The van der Waals surface area contributed by atoms with Crippen molar-refractivity contribution in [3.63, 3.8) is 0 Å². The van der Waals surface area contributed by atoms with E-state index in [4.69, 9.17) is 4.74 Å². The van der Waals surface area contributed by atoms with E-state index in [1.165, 1.54) is 0 Å². The van der Waals surface area contributed by atoms with Gasteiger partial charge in [-0.2, -0.15) is 0 Å². The SMILES string of the molecule is CC(C)(C)OC(=O)NCC1CCC(C(=O)C[C@@H](Cc2ccc(Br)cc2)C(=O)Nc2ccc3c(=O)[nH][nH]c3c2)CC1. The number of carbonyl (C=O) groups is 3. The second-order valence-electron chi connectivity index (χ2n) is 11.6. The molecule has 1 atom stereocenters. The van der Waals surface area contributed by atoms with Crippen LogP contribution in [0.15, 0.2) is 51.7 Å². The summed E-state index contributed by atoms with van der Waals surface area (Å²) in [7, 11) is 0. The molecule has 4 N–H and O–H groups in total. The molecule has 0 bridgehead atoms. The van der Waals surface area contributed by atoms with Gasteiger partial charge in [0.05, 0.1) is 10.9 Å². The average molecular weight is 614 g/mol. The van der Waals surface area contributed by atoms with Gasteiger partial charge in [0, 0.05) is 35.0 Å². The van der Waals surface area contributed by atoms with Gasteiger partial charge in [0.2, 0.25) is 5.91 Å². The van der Waals surface area contributed by atoms with Crippen LogP contribution in [-0.2, 0) is 20.7 Å². The number of alkyl carbamates (subject to hydrolysis) is 1. The summed E-state index contributed by atoms with van der Waals surface area (Å²) in [5.74, 6) is -0.473. The standard InChI is InChI=1S/C30H37BrN4O5/c1-30(2,3)40-29(39)32-17-19-4-8-20(9-5-19)26(36)15-21(14-18-6-10-22(31)11-7-18)27(37)33-23-12-13-24-25(16-23)34-35-28(24)38/h6-7,10-13,16,19-21H,4-5,8-9,14-15,17H2,1-3H3,(H,32,39)(H,33,37)(H2,34,35,38)/t19?,20?,21-/m1/s1. The average Bonchev–Trinajstić information content (AvgIpc) is 3.27. The highest BCUT2D eigenvalue weighted by Crippen LogP contribution is 2.31. The van der Waals surface area contributed by atoms with E-state index in [2.05, 4.69) is 36.8 Å². The lowest BCUT2D eigenvalue weighted by Crippen LogP contribution is -2.37. The highest BCUT2D eigenvalue weighted by atomic mass is 79.9. The normalized spacial score (nSPS) is 18.2. The Hall–Kier alpha value is -3.40. The first kappa shape index (κ1) is 29.6. The second kappa shape index (κ2) is 12.8. The first-order chi connectivity index (χ1) is 19.0. The van der Waals surface area contributed by atoms with Gasteiger partial charge in [-0.25, -0.2) is 4.79 Å². The van der Waals surface area contributed by atoms with E-state index in [1.54, 1.807) is 18.2 Å². The molecule has 214 valence electrons. The van der Waals surface area contributed by atoms with E-state index in [1.807, 2.05) is 45.0 Å². The first-order valence-electron chi connectivity index (χ1n) is 13.7. The van der Waals surface area contributed by atoms with Crippen molar-refractivity contribution in [2.75, 3.05) is 11.9 Å². The molecule has 1 saturated carbocycles. The van der Waals surface area contributed by atoms with E-state index in [9.17, 15) is 19.2 Å². The maximum Gasteiger partial charge on any atom is 0.407 e. The van der Waals surface area contributed by atoms with E-state index in [-0.39, 0.29) is 29.6 Å². The summed E-state index contributed by atoms with van der Waals surface area (Å²) in [5.41, 5.74) is 1.36. The van der Waals surface area contributed by atoms with Gasteiger partial charge < -0.3 is 15.4 Å². The lowest BCUT2D eigenvalue weighted by Gasteiger charge is -2.29. The number of ketones is 1. The topological polar surface area (TPSA) is 133 Å². The van der Waals surface area contributed by atoms with E-state index < -0.39 is 17.6 Å². The van der Waals surface area contributed by atoms with Gasteiger partial charge in [0.1, 0.15) is 11.4 Å². The van der Waals surface area contributed by atoms with E-state index in [0.717, 1.165) is 35.7 Å². The molecule has 0 unspecified atom stereocenters. The summed E-state index contributed by atoms with van der Waals surface area (Å²) in [4.78, 5) is 50.6.